The summed E-state index contributed by atoms with van der Waals surface area (Å²) in [5.41, 5.74) is 4.77. The molecule has 1 aliphatic carbocycles. The highest BCUT2D eigenvalue weighted by atomic mass is 32.1. The average molecular weight is 429 g/mol. The molecular weight excluding hydrogens is 408 g/mol. The van der Waals surface area contributed by atoms with Crippen LogP contribution in [0.3, 0.4) is 0 Å². The third-order valence-electron chi connectivity index (χ3n) is 5.27. The second kappa shape index (κ2) is 8.20. The Morgan fingerprint density at radius 2 is 1.65 bits per heavy atom. The second-order valence-electron chi connectivity index (χ2n) is 7.34. The Balaban J connectivity index is 1.37. The van der Waals surface area contributed by atoms with Crippen molar-refractivity contribution in [1.29, 1.82) is 0 Å². The number of benzene rings is 2. The van der Waals surface area contributed by atoms with Crippen molar-refractivity contribution in [3.63, 3.8) is 0 Å². The zero-order chi connectivity index (χ0) is 21.2. The van der Waals surface area contributed by atoms with Crippen LogP contribution in [0.5, 0.6) is 0 Å². The van der Waals surface area contributed by atoms with Gasteiger partial charge in [0.2, 0.25) is 0 Å². The smallest absolute Gasteiger partial charge is 0.276 e. The molecule has 1 aliphatic rings. The fourth-order valence-corrected chi connectivity index (χ4v) is 4.49. The van der Waals surface area contributed by atoms with Gasteiger partial charge in [0.25, 0.3) is 11.8 Å². The molecule has 0 atom stereocenters. The highest BCUT2D eigenvalue weighted by molar-refractivity contribution is 7.12. The largest absolute Gasteiger partial charge is 0.321 e. The normalized spacial score (nSPS) is 12.4. The fourth-order valence-electron chi connectivity index (χ4n) is 3.87. The Bertz CT molecular complexity index is 1250. The van der Waals surface area contributed by atoms with E-state index in [4.69, 9.17) is 0 Å². The van der Waals surface area contributed by atoms with Crippen LogP contribution in [0, 0.1) is 0 Å². The standard InChI is InChI=1S/C24H20N4O2S/c29-23(21-13-6-14-31-21)25-16-7-4-8-17(15-16)26-24(30)22-19-11-5-12-20(19)28(27-22)18-9-2-1-3-10-18/h1-4,6-10,13-15H,5,11-12H2,(H,25,29)(H,26,30). The number of anilines is 2. The van der Waals surface area contributed by atoms with Crippen LogP contribution in [0.1, 0.15) is 37.8 Å². The number of nitrogens with one attached hydrogen (secondary N) is 2. The van der Waals surface area contributed by atoms with Gasteiger partial charge in [-0.15, -0.1) is 11.3 Å². The summed E-state index contributed by atoms with van der Waals surface area (Å²) in [5, 5.41) is 12.3. The summed E-state index contributed by atoms with van der Waals surface area (Å²) in [6.07, 6.45) is 2.78. The number of hydrogen-bond acceptors (Lipinski definition) is 4. The molecule has 0 spiro atoms. The molecule has 2 amide bonds. The number of rotatable bonds is 5. The van der Waals surface area contributed by atoms with Crippen molar-refractivity contribution in [3.8, 4) is 5.69 Å². The van der Waals surface area contributed by atoms with Gasteiger partial charge in [-0.3, -0.25) is 9.59 Å². The van der Waals surface area contributed by atoms with Gasteiger partial charge < -0.3 is 10.6 Å². The van der Waals surface area contributed by atoms with Crippen molar-refractivity contribution in [2.24, 2.45) is 0 Å². The quantitative estimate of drug-likeness (QED) is 0.473. The SMILES string of the molecule is O=C(Nc1cccc(NC(=O)c2nn(-c3ccccc3)c3c2CCC3)c1)c1cccs1. The molecule has 2 aromatic heterocycles. The van der Waals surface area contributed by atoms with Gasteiger partial charge in [0.05, 0.1) is 10.6 Å². The summed E-state index contributed by atoms with van der Waals surface area (Å²) < 4.78 is 1.88. The zero-order valence-electron chi connectivity index (χ0n) is 16.7. The highest BCUT2D eigenvalue weighted by Crippen LogP contribution is 2.28. The van der Waals surface area contributed by atoms with E-state index in [0.29, 0.717) is 21.9 Å². The first-order valence-electron chi connectivity index (χ1n) is 10.1. The van der Waals surface area contributed by atoms with Crippen LogP contribution in [-0.4, -0.2) is 21.6 Å². The predicted molar refractivity (Wildman–Crippen MR) is 122 cm³/mol. The Morgan fingerprint density at radius 3 is 2.39 bits per heavy atom. The number of fused-ring (bicyclic) bond motifs is 1. The van der Waals surface area contributed by atoms with Crippen LogP contribution in [0.2, 0.25) is 0 Å². The molecule has 6 nitrogen and oxygen atoms in total. The van der Waals surface area contributed by atoms with Gasteiger partial charge in [-0.1, -0.05) is 30.3 Å². The monoisotopic (exact) mass is 428 g/mol. The third-order valence-corrected chi connectivity index (χ3v) is 6.14. The molecule has 2 aromatic carbocycles. The number of para-hydroxylation sites is 1. The Labute approximate surface area is 183 Å². The Hall–Kier alpha value is -3.71. The number of carbonyl (C=O) groups excluding carboxylic acids is 2. The topological polar surface area (TPSA) is 76.0 Å². The zero-order valence-corrected chi connectivity index (χ0v) is 17.5. The third kappa shape index (κ3) is 3.87. The van der Waals surface area contributed by atoms with Crippen molar-refractivity contribution in [2.75, 3.05) is 10.6 Å². The van der Waals surface area contributed by atoms with E-state index < -0.39 is 0 Å². The lowest BCUT2D eigenvalue weighted by Crippen LogP contribution is -2.15. The van der Waals surface area contributed by atoms with Gasteiger partial charge in [-0.25, -0.2) is 4.68 Å². The molecular formula is C24H20N4O2S. The number of nitrogens with zero attached hydrogens (tertiary/aromatic N) is 2. The minimum atomic E-state index is -0.241. The fraction of sp³-hybridized carbons (Fsp3) is 0.125. The second-order valence-corrected chi connectivity index (χ2v) is 8.29. The predicted octanol–water partition coefficient (Wildman–Crippen LogP) is 4.93. The van der Waals surface area contributed by atoms with E-state index in [2.05, 4.69) is 15.7 Å². The van der Waals surface area contributed by atoms with E-state index in [9.17, 15) is 9.59 Å². The Morgan fingerprint density at radius 1 is 0.871 bits per heavy atom. The maximum atomic E-state index is 13.1. The van der Waals surface area contributed by atoms with Crippen LogP contribution in [0.4, 0.5) is 11.4 Å². The molecule has 0 saturated carbocycles. The summed E-state index contributed by atoms with van der Waals surface area (Å²) in [6, 6.07) is 20.6. The molecule has 0 fully saturated rings. The number of thiophene rings is 1. The van der Waals surface area contributed by atoms with E-state index in [1.807, 2.05) is 46.5 Å². The number of aromatic nitrogens is 2. The van der Waals surface area contributed by atoms with Gasteiger partial charge >= 0.3 is 0 Å². The van der Waals surface area contributed by atoms with Crippen LogP contribution >= 0.6 is 11.3 Å². The van der Waals surface area contributed by atoms with Crippen LogP contribution in [-0.2, 0) is 12.8 Å². The number of hydrogen-bond donors (Lipinski definition) is 2. The Kier molecular flexibility index (Phi) is 5.09. The lowest BCUT2D eigenvalue weighted by Gasteiger charge is -2.08. The van der Waals surface area contributed by atoms with E-state index in [1.54, 1.807) is 30.3 Å². The molecule has 0 aliphatic heterocycles. The molecule has 0 unspecified atom stereocenters. The molecule has 0 radical (unpaired) electrons. The van der Waals surface area contributed by atoms with E-state index >= 15 is 0 Å². The summed E-state index contributed by atoms with van der Waals surface area (Å²) >= 11 is 1.38. The molecule has 2 N–H and O–H groups in total. The summed E-state index contributed by atoms with van der Waals surface area (Å²) in [5.74, 6) is -0.410. The molecule has 2 heterocycles. The van der Waals surface area contributed by atoms with Gasteiger partial charge in [-0.2, -0.15) is 5.10 Å². The average Bonchev–Trinajstić information content (AvgIpc) is 3.52. The van der Waals surface area contributed by atoms with Gasteiger partial charge in [0.15, 0.2) is 5.69 Å². The summed E-state index contributed by atoms with van der Waals surface area (Å²) in [4.78, 5) is 26.0. The lowest BCUT2D eigenvalue weighted by molar-refractivity contribution is 0.101. The van der Waals surface area contributed by atoms with Crippen molar-refractivity contribution in [1.82, 2.24) is 9.78 Å². The minimum Gasteiger partial charge on any atom is -0.321 e. The van der Waals surface area contributed by atoms with E-state index in [-0.39, 0.29) is 11.8 Å². The molecule has 31 heavy (non-hydrogen) atoms. The van der Waals surface area contributed by atoms with Gasteiger partial charge in [0.1, 0.15) is 0 Å². The van der Waals surface area contributed by atoms with Crippen LogP contribution < -0.4 is 10.6 Å². The van der Waals surface area contributed by atoms with Crippen LogP contribution in [0.15, 0.2) is 72.1 Å². The molecule has 0 bridgehead atoms. The van der Waals surface area contributed by atoms with Crippen LogP contribution in [0.25, 0.3) is 5.69 Å². The molecule has 4 aromatic rings. The maximum absolute atomic E-state index is 13.1. The highest BCUT2D eigenvalue weighted by Gasteiger charge is 2.27. The van der Waals surface area contributed by atoms with E-state index in [0.717, 1.165) is 36.2 Å². The van der Waals surface area contributed by atoms with Crippen molar-refractivity contribution in [3.05, 3.63) is 93.9 Å². The molecule has 5 rings (SSSR count). The molecule has 0 saturated heterocycles. The van der Waals surface area contributed by atoms with Gasteiger partial charge in [-0.05, 0) is 61.0 Å². The first-order valence-corrected chi connectivity index (χ1v) is 11.0. The summed E-state index contributed by atoms with van der Waals surface area (Å²) in [7, 11) is 0. The first-order chi connectivity index (χ1) is 15.2. The van der Waals surface area contributed by atoms with Gasteiger partial charge in [0, 0.05) is 22.6 Å². The first kappa shape index (κ1) is 19.3. The maximum Gasteiger partial charge on any atom is 0.276 e. The lowest BCUT2D eigenvalue weighted by atomic mass is 10.2. The minimum absolute atomic E-state index is 0.169. The summed E-state index contributed by atoms with van der Waals surface area (Å²) in [6.45, 7) is 0. The molecule has 154 valence electrons. The van der Waals surface area contributed by atoms with E-state index in [1.165, 1.54) is 11.3 Å². The van der Waals surface area contributed by atoms with Crippen molar-refractivity contribution >= 4 is 34.5 Å². The number of carbonyl (C=O) groups is 2. The number of amides is 2. The van der Waals surface area contributed by atoms with Crippen molar-refractivity contribution < 1.29 is 9.59 Å². The van der Waals surface area contributed by atoms with Crippen molar-refractivity contribution in [2.45, 2.75) is 19.3 Å². The molecule has 7 heteroatoms.